The fourth-order valence-corrected chi connectivity index (χ4v) is 1.95. The van der Waals surface area contributed by atoms with Crippen LogP contribution in [0.25, 0.3) is 23.0 Å². The van der Waals surface area contributed by atoms with Crippen LogP contribution in [0.2, 0.25) is 0 Å². The highest BCUT2D eigenvalue weighted by atomic mass is 15.6. The Bertz CT molecular complexity index is 806. The molecule has 0 spiro atoms. The molecule has 0 saturated heterocycles. The topological polar surface area (TPSA) is 87.2 Å². The second-order valence-electron chi connectivity index (χ2n) is 4.48. The molecule has 22 heavy (non-hydrogen) atoms. The van der Waals surface area contributed by atoms with Crippen LogP contribution in [0.4, 0.5) is 0 Å². The largest absolute Gasteiger partial charge is 0.246 e. The van der Waals surface area contributed by atoms with Gasteiger partial charge in [-0.1, -0.05) is 36.4 Å². The first kappa shape index (κ1) is 12.3. The molecule has 0 atom stereocenters. The quantitative estimate of drug-likeness (QED) is 0.565. The van der Waals surface area contributed by atoms with Crippen LogP contribution in [0, 0.1) is 0 Å². The van der Waals surface area contributed by atoms with Crippen molar-refractivity contribution in [3.8, 4) is 23.0 Å². The highest BCUT2D eigenvalue weighted by molar-refractivity contribution is 5.40. The summed E-state index contributed by atoms with van der Waals surface area (Å²) in [5.74, 6) is 0.650. The van der Waals surface area contributed by atoms with E-state index in [-0.39, 0.29) is 0 Å². The first-order valence-electron chi connectivity index (χ1n) is 6.61. The molecule has 0 aliphatic heterocycles. The number of rotatable bonds is 3. The van der Waals surface area contributed by atoms with Crippen LogP contribution in [-0.4, -0.2) is 40.4 Å². The van der Waals surface area contributed by atoms with Crippen LogP contribution in [0.3, 0.4) is 0 Å². The van der Waals surface area contributed by atoms with Gasteiger partial charge >= 0.3 is 0 Å². The molecule has 0 fully saturated rings. The lowest BCUT2D eigenvalue weighted by molar-refractivity contribution is 0.719. The summed E-state index contributed by atoms with van der Waals surface area (Å²) >= 11 is 0. The van der Waals surface area contributed by atoms with Crippen LogP contribution in [0.15, 0.2) is 60.7 Å². The van der Waals surface area contributed by atoms with Crippen molar-refractivity contribution in [1.29, 1.82) is 0 Å². The maximum atomic E-state index is 4.27. The van der Waals surface area contributed by atoms with Crippen molar-refractivity contribution in [3.05, 3.63) is 60.7 Å². The zero-order valence-electron chi connectivity index (χ0n) is 11.4. The summed E-state index contributed by atoms with van der Waals surface area (Å²) in [5, 5.41) is 24.5. The predicted octanol–water partition coefficient (Wildman–Crippen LogP) is 1.30. The Labute approximate surface area is 125 Å². The van der Waals surface area contributed by atoms with E-state index in [0.29, 0.717) is 11.6 Å². The first-order chi connectivity index (χ1) is 10.9. The SMILES string of the molecule is c1ccc(-n2nnc(-c3nnn(-c4ccccc4)n3)n2)cc1. The van der Waals surface area contributed by atoms with Gasteiger partial charge in [-0.15, -0.1) is 30.0 Å². The number of nitrogens with zero attached hydrogens (tertiary/aromatic N) is 8. The number of hydrogen-bond donors (Lipinski definition) is 0. The molecule has 8 heteroatoms. The van der Waals surface area contributed by atoms with Crippen LogP contribution in [0.5, 0.6) is 0 Å². The van der Waals surface area contributed by atoms with Crippen molar-refractivity contribution >= 4 is 0 Å². The zero-order valence-corrected chi connectivity index (χ0v) is 11.4. The molecule has 0 amide bonds. The van der Waals surface area contributed by atoms with Gasteiger partial charge in [0.15, 0.2) is 0 Å². The van der Waals surface area contributed by atoms with E-state index >= 15 is 0 Å². The fourth-order valence-electron chi connectivity index (χ4n) is 1.95. The Morgan fingerprint density at radius 3 is 1.36 bits per heavy atom. The summed E-state index contributed by atoms with van der Waals surface area (Å²) in [6, 6.07) is 19.0. The van der Waals surface area contributed by atoms with Gasteiger partial charge in [-0.3, -0.25) is 0 Å². The zero-order chi connectivity index (χ0) is 14.8. The molecule has 0 aliphatic rings. The molecule has 2 aromatic heterocycles. The standard InChI is InChI=1S/C14H10N8/c1-3-7-11(8-4-1)21-17-13(15-19-21)14-16-20-22(18-14)12-9-5-2-6-10-12/h1-10H. The Morgan fingerprint density at radius 2 is 0.955 bits per heavy atom. The van der Waals surface area contributed by atoms with Crippen molar-refractivity contribution in [3.63, 3.8) is 0 Å². The fraction of sp³-hybridized carbons (Fsp3) is 0. The number of tetrazole rings is 2. The Morgan fingerprint density at radius 1 is 0.545 bits per heavy atom. The molecule has 0 aliphatic carbocycles. The number of para-hydroxylation sites is 2. The summed E-state index contributed by atoms with van der Waals surface area (Å²) in [7, 11) is 0. The van der Waals surface area contributed by atoms with E-state index in [4.69, 9.17) is 0 Å². The van der Waals surface area contributed by atoms with Gasteiger partial charge in [-0.05, 0) is 34.7 Å². The van der Waals surface area contributed by atoms with Gasteiger partial charge in [-0.2, -0.15) is 0 Å². The summed E-state index contributed by atoms with van der Waals surface area (Å²) in [4.78, 5) is 2.86. The lowest BCUT2D eigenvalue weighted by atomic mass is 10.3. The number of benzene rings is 2. The van der Waals surface area contributed by atoms with E-state index < -0.39 is 0 Å². The number of aromatic nitrogens is 8. The van der Waals surface area contributed by atoms with Crippen molar-refractivity contribution in [1.82, 2.24) is 40.4 Å². The maximum Gasteiger partial charge on any atom is 0.246 e. The van der Waals surface area contributed by atoms with E-state index in [1.54, 1.807) is 0 Å². The molecule has 4 aromatic rings. The minimum Gasteiger partial charge on any atom is -0.130 e. The summed E-state index contributed by atoms with van der Waals surface area (Å²) < 4.78 is 0. The average molecular weight is 290 g/mol. The lowest BCUT2D eigenvalue weighted by Crippen LogP contribution is -1.99. The van der Waals surface area contributed by atoms with Crippen molar-refractivity contribution in [2.75, 3.05) is 0 Å². The van der Waals surface area contributed by atoms with Gasteiger partial charge in [0.25, 0.3) is 0 Å². The Hall–Kier alpha value is -3.42. The summed E-state index contributed by atoms with van der Waals surface area (Å²) in [6.45, 7) is 0. The van der Waals surface area contributed by atoms with E-state index in [1.165, 1.54) is 9.59 Å². The molecular formula is C14H10N8. The van der Waals surface area contributed by atoms with Crippen molar-refractivity contribution < 1.29 is 0 Å². The summed E-state index contributed by atoms with van der Waals surface area (Å²) in [5.41, 5.74) is 1.63. The molecule has 0 unspecified atom stereocenters. The third-order valence-corrected chi connectivity index (χ3v) is 3.00. The average Bonchev–Trinajstić information content (AvgIpc) is 3.26. The molecule has 0 saturated carbocycles. The third-order valence-electron chi connectivity index (χ3n) is 3.00. The number of hydrogen-bond acceptors (Lipinski definition) is 6. The lowest BCUT2D eigenvalue weighted by Gasteiger charge is -1.95. The van der Waals surface area contributed by atoms with Gasteiger partial charge < -0.3 is 0 Å². The molecule has 0 N–H and O–H groups in total. The molecule has 106 valence electrons. The van der Waals surface area contributed by atoms with Crippen LogP contribution >= 0.6 is 0 Å². The van der Waals surface area contributed by atoms with Gasteiger partial charge in [0.05, 0.1) is 11.4 Å². The molecular weight excluding hydrogens is 280 g/mol. The Kier molecular flexibility index (Phi) is 2.90. The van der Waals surface area contributed by atoms with Crippen LogP contribution < -0.4 is 0 Å². The van der Waals surface area contributed by atoms with E-state index in [2.05, 4.69) is 30.8 Å². The van der Waals surface area contributed by atoms with Crippen LogP contribution in [0.1, 0.15) is 0 Å². The third kappa shape index (κ3) is 2.22. The van der Waals surface area contributed by atoms with Crippen LogP contribution in [-0.2, 0) is 0 Å². The summed E-state index contributed by atoms with van der Waals surface area (Å²) in [6.07, 6.45) is 0. The molecule has 0 bridgehead atoms. The molecule has 8 nitrogen and oxygen atoms in total. The highest BCUT2D eigenvalue weighted by Gasteiger charge is 2.13. The predicted molar refractivity (Wildman–Crippen MR) is 77.3 cm³/mol. The van der Waals surface area contributed by atoms with E-state index in [1.807, 2.05) is 60.7 Å². The van der Waals surface area contributed by atoms with Gasteiger partial charge in [-0.25, -0.2) is 0 Å². The minimum atomic E-state index is 0.325. The minimum absolute atomic E-state index is 0.325. The van der Waals surface area contributed by atoms with E-state index in [0.717, 1.165) is 11.4 Å². The highest BCUT2D eigenvalue weighted by Crippen LogP contribution is 2.10. The molecule has 4 rings (SSSR count). The van der Waals surface area contributed by atoms with Gasteiger partial charge in [0.2, 0.25) is 11.6 Å². The van der Waals surface area contributed by atoms with E-state index in [9.17, 15) is 0 Å². The maximum absolute atomic E-state index is 4.27. The smallest absolute Gasteiger partial charge is 0.130 e. The normalized spacial score (nSPS) is 10.7. The van der Waals surface area contributed by atoms with Gasteiger partial charge in [0.1, 0.15) is 0 Å². The second-order valence-corrected chi connectivity index (χ2v) is 4.48. The Balaban J connectivity index is 1.66. The second kappa shape index (κ2) is 5.17. The first-order valence-corrected chi connectivity index (χ1v) is 6.61. The molecule has 0 radical (unpaired) electrons. The van der Waals surface area contributed by atoms with Gasteiger partial charge in [0, 0.05) is 0 Å². The molecule has 2 heterocycles. The van der Waals surface area contributed by atoms with Crippen molar-refractivity contribution in [2.24, 2.45) is 0 Å². The monoisotopic (exact) mass is 290 g/mol. The molecule has 2 aromatic carbocycles. The van der Waals surface area contributed by atoms with Crippen molar-refractivity contribution in [2.45, 2.75) is 0 Å².